The summed E-state index contributed by atoms with van der Waals surface area (Å²) in [7, 11) is 0. The molecule has 0 atom stereocenters. The normalized spacial score (nSPS) is 14.9. The van der Waals surface area contributed by atoms with Gasteiger partial charge in [0.05, 0.1) is 16.3 Å². The molecule has 196 valence electrons. The summed E-state index contributed by atoms with van der Waals surface area (Å²) < 4.78 is 80.2. The highest BCUT2D eigenvalue weighted by Gasteiger charge is 2.28. The second kappa shape index (κ2) is 11.3. The number of carbonyl (C=O) groups is 2. The maximum Gasteiger partial charge on any atom is 0.282 e. The van der Waals surface area contributed by atoms with Crippen LogP contribution in [-0.2, 0) is 11.3 Å². The Morgan fingerprint density at radius 1 is 1.08 bits per heavy atom. The molecule has 2 aromatic heterocycles. The van der Waals surface area contributed by atoms with E-state index in [0.29, 0.717) is 42.4 Å². The van der Waals surface area contributed by atoms with Crippen LogP contribution in [0.1, 0.15) is 64.1 Å². The van der Waals surface area contributed by atoms with Gasteiger partial charge in [-0.15, -0.1) is 11.3 Å². The van der Waals surface area contributed by atoms with Crippen molar-refractivity contribution in [2.24, 2.45) is 0 Å². The lowest BCUT2D eigenvalue weighted by molar-refractivity contribution is -0.133. The maximum atomic E-state index is 13.8. The fraction of sp³-hybridized carbons (Fsp3) is 0.333. The molecular formula is C24H20F6N4O2S. The predicted octanol–water partition coefficient (Wildman–Crippen LogP) is 5.80. The second-order valence-electron chi connectivity index (χ2n) is 8.31. The van der Waals surface area contributed by atoms with Crippen LogP contribution < -0.4 is 0 Å². The maximum absolute atomic E-state index is 13.8. The predicted molar refractivity (Wildman–Crippen MR) is 123 cm³/mol. The van der Waals surface area contributed by atoms with Gasteiger partial charge < -0.3 is 4.90 Å². The molecule has 6 nitrogen and oxygen atoms in total. The van der Waals surface area contributed by atoms with Crippen LogP contribution in [-0.4, -0.2) is 44.4 Å². The Bertz CT molecular complexity index is 1290. The highest BCUT2D eigenvalue weighted by molar-refractivity contribution is 7.09. The van der Waals surface area contributed by atoms with Gasteiger partial charge in [0.15, 0.2) is 5.78 Å². The van der Waals surface area contributed by atoms with E-state index >= 15 is 0 Å². The summed E-state index contributed by atoms with van der Waals surface area (Å²) in [6.45, 7) is 0.0540. The molecule has 4 rings (SSSR count). The molecule has 0 aliphatic carbocycles. The molecule has 1 aromatic carbocycles. The Balaban J connectivity index is 1.34. The standard InChI is InChI=1S/C24H20F6N4O2S/c25-15-2-1-3-16(26)21(15)19(35)5-4-14-12-37-24(31-14)13-6-8-33(9-7-13)20(36)11-34-18(23(29)30)10-17(32-34)22(27)28/h1-5,10,12-13,22-23H,6-9,11H2/b5-4+. The van der Waals surface area contributed by atoms with Crippen LogP contribution in [0.4, 0.5) is 26.3 Å². The van der Waals surface area contributed by atoms with Gasteiger partial charge in [0.25, 0.3) is 12.9 Å². The minimum Gasteiger partial charge on any atom is -0.341 e. The van der Waals surface area contributed by atoms with Crippen molar-refractivity contribution in [1.29, 1.82) is 0 Å². The summed E-state index contributed by atoms with van der Waals surface area (Å²) in [5, 5.41) is 5.90. The molecule has 0 N–H and O–H groups in total. The summed E-state index contributed by atoms with van der Waals surface area (Å²) in [6.07, 6.45) is -2.60. The van der Waals surface area contributed by atoms with Crippen LogP contribution in [0.2, 0.25) is 0 Å². The minimum atomic E-state index is -3.05. The van der Waals surface area contributed by atoms with Crippen LogP contribution in [0.25, 0.3) is 6.08 Å². The topological polar surface area (TPSA) is 68.1 Å². The largest absolute Gasteiger partial charge is 0.341 e. The molecule has 1 aliphatic rings. The number of ketones is 1. The number of piperidine rings is 1. The molecule has 3 aromatic rings. The first-order valence-electron chi connectivity index (χ1n) is 11.2. The van der Waals surface area contributed by atoms with Gasteiger partial charge in [0.2, 0.25) is 5.91 Å². The molecular weight excluding hydrogens is 522 g/mol. The average molecular weight is 543 g/mol. The Morgan fingerprint density at radius 2 is 1.76 bits per heavy atom. The van der Waals surface area contributed by atoms with E-state index in [0.717, 1.165) is 29.3 Å². The molecule has 1 fully saturated rings. The summed E-state index contributed by atoms with van der Waals surface area (Å²) in [5.41, 5.74) is -1.75. The van der Waals surface area contributed by atoms with Crippen molar-refractivity contribution in [2.45, 2.75) is 38.2 Å². The third kappa shape index (κ3) is 6.09. The average Bonchev–Trinajstić information content (AvgIpc) is 3.50. The molecule has 13 heteroatoms. The summed E-state index contributed by atoms with van der Waals surface area (Å²) in [4.78, 5) is 30.7. The number of halogens is 6. The van der Waals surface area contributed by atoms with Crippen LogP contribution in [0.3, 0.4) is 0 Å². The zero-order valence-corrected chi connectivity index (χ0v) is 19.9. The molecule has 0 radical (unpaired) electrons. The first-order valence-corrected chi connectivity index (χ1v) is 12.1. The first-order chi connectivity index (χ1) is 17.6. The number of benzene rings is 1. The molecule has 0 unspecified atom stereocenters. The molecule has 1 aliphatic heterocycles. The minimum absolute atomic E-state index is 0.00248. The van der Waals surface area contributed by atoms with Gasteiger partial charge in [-0.3, -0.25) is 14.3 Å². The zero-order valence-electron chi connectivity index (χ0n) is 19.1. The van der Waals surface area contributed by atoms with Gasteiger partial charge in [-0.05, 0) is 43.2 Å². The van der Waals surface area contributed by atoms with Gasteiger partial charge in [0, 0.05) is 24.4 Å². The number of rotatable bonds is 8. The van der Waals surface area contributed by atoms with Gasteiger partial charge in [-0.2, -0.15) is 5.10 Å². The summed E-state index contributed by atoms with van der Waals surface area (Å²) in [6, 6.07) is 3.76. The number of nitrogens with zero attached hydrogens (tertiary/aromatic N) is 4. The number of carbonyl (C=O) groups excluding carboxylic acids is 2. The fourth-order valence-electron chi connectivity index (χ4n) is 4.01. The monoisotopic (exact) mass is 542 g/mol. The number of allylic oxidation sites excluding steroid dienone is 1. The number of likely N-dealkylation sites (tertiary alicyclic amines) is 1. The summed E-state index contributed by atoms with van der Waals surface area (Å²) >= 11 is 1.34. The van der Waals surface area contributed by atoms with Crippen molar-refractivity contribution in [3.8, 4) is 0 Å². The van der Waals surface area contributed by atoms with Gasteiger partial charge >= 0.3 is 0 Å². The van der Waals surface area contributed by atoms with Gasteiger partial charge in [0.1, 0.15) is 29.6 Å². The van der Waals surface area contributed by atoms with Crippen molar-refractivity contribution in [3.63, 3.8) is 0 Å². The Morgan fingerprint density at radius 3 is 2.38 bits per heavy atom. The van der Waals surface area contributed by atoms with E-state index in [1.54, 1.807) is 5.38 Å². The molecule has 37 heavy (non-hydrogen) atoms. The smallest absolute Gasteiger partial charge is 0.282 e. The third-order valence-corrected chi connectivity index (χ3v) is 6.94. The lowest BCUT2D eigenvalue weighted by Crippen LogP contribution is -2.40. The zero-order chi connectivity index (χ0) is 26.7. The SMILES string of the molecule is O=C(/C=C/c1csc(C2CCN(C(=O)Cn3nc(C(F)F)cc3C(F)F)CC2)n1)c1c(F)cccc1F. The lowest BCUT2D eigenvalue weighted by Gasteiger charge is -2.31. The number of aromatic nitrogens is 3. The molecule has 0 bridgehead atoms. The van der Waals surface area contributed by atoms with Gasteiger partial charge in [-0.25, -0.2) is 31.3 Å². The highest BCUT2D eigenvalue weighted by Crippen LogP contribution is 2.31. The van der Waals surface area contributed by atoms with Crippen molar-refractivity contribution in [1.82, 2.24) is 19.7 Å². The molecule has 3 heterocycles. The van der Waals surface area contributed by atoms with Crippen molar-refractivity contribution < 1.29 is 35.9 Å². The van der Waals surface area contributed by atoms with Crippen LogP contribution in [0.15, 0.2) is 35.7 Å². The Labute approximate surface area is 211 Å². The van der Waals surface area contributed by atoms with E-state index in [-0.39, 0.29) is 5.92 Å². The molecule has 0 saturated carbocycles. The number of thiazole rings is 1. The van der Waals surface area contributed by atoms with Crippen molar-refractivity contribution in [2.75, 3.05) is 13.1 Å². The Kier molecular flexibility index (Phi) is 8.10. The molecule has 1 amide bonds. The van der Waals surface area contributed by atoms with E-state index in [1.807, 2.05) is 0 Å². The van der Waals surface area contributed by atoms with Crippen molar-refractivity contribution in [3.05, 3.63) is 75.0 Å². The van der Waals surface area contributed by atoms with Crippen LogP contribution in [0.5, 0.6) is 0 Å². The highest BCUT2D eigenvalue weighted by atomic mass is 32.1. The quantitative estimate of drug-likeness (QED) is 0.205. The number of hydrogen-bond donors (Lipinski definition) is 0. The van der Waals surface area contributed by atoms with Crippen molar-refractivity contribution >= 4 is 29.1 Å². The summed E-state index contributed by atoms with van der Waals surface area (Å²) in [5.74, 6) is -3.25. The van der Waals surface area contributed by atoms with E-state index < -0.39 is 59.7 Å². The third-order valence-electron chi connectivity index (χ3n) is 5.91. The number of alkyl halides is 4. The van der Waals surface area contributed by atoms with E-state index in [1.165, 1.54) is 22.3 Å². The van der Waals surface area contributed by atoms with E-state index in [2.05, 4.69) is 10.1 Å². The Hall–Kier alpha value is -3.48. The van der Waals surface area contributed by atoms with E-state index in [4.69, 9.17) is 0 Å². The van der Waals surface area contributed by atoms with Crippen LogP contribution in [0, 0.1) is 11.6 Å². The fourth-order valence-corrected chi connectivity index (χ4v) is 4.97. The van der Waals surface area contributed by atoms with Gasteiger partial charge in [-0.1, -0.05) is 6.07 Å². The second-order valence-corrected chi connectivity index (χ2v) is 9.20. The number of amides is 1. The van der Waals surface area contributed by atoms with E-state index in [9.17, 15) is 35.9 Å². The number of hydrogen-bond acceptors (Lipinski definition) is 5. The molecule has 0 spiro atoms. The van der Waals surface area contributed by atoms with Crippen LogP contribution >= 0.6 is 11.3 Å². The first kappa shape index (κ1) is 26.6. The lowest BCUT2D eigenvalue weighted by atomic mass is 9.97. The molecule has 1 saturated heterocycles.